The molecular formula is C16H21ClN4O. The Morgan fingerprint density at radius 2 is 2.27 bits per heavy atom. The van der Waals surface area contributed by atoms with Crippen LogP contribution >= 0.6 is 12.4 Å². The summed E-state index contributed by atoms with van der Waals surface area (Å²) in [4.78, 5) is 4.23. The summed E-state index contributed by atoms with van der Waals surface area (Å²) in [5, 5.41) is 7.11. The molecule has 0 aliphatic carbocycles. The molecule has 118 valence electrons. The number of nitrogens with zero attached hydrogens (tertiary/aromatic N) is 2. The third-order valence-electron chi connectivity index (χ3n) is 4.36. The van der Waals surface area contributed by atoms with Crippen molar-refractivity contribution in [2.45, 2.75) is 25.6 Å². The van der Waals surface area contributed by atoms with E-state index in [1.54, 1.807) is 0 Å². The molecule has 2 N–H and O–H groups in total. The number of aromatic nitrogens is 2. The van der Waals surface area contributed by atoms with Crippen molar-refractivity contribution < 1.29 is 4.74 Å². The summed E-state index contributed by atoms with van der Waals surface area (Å²) in [7, 11) is 2.03. The van der Waals surface area contributed by atoms with Gasteiger partial charge >= 0.3 is 0 Å². The predicted octanol–water partition coefficient (Wildman–Crippen LogP) is 2.31. The van der Waals surface area contributed by atoms with Gasteiger partial charge in [-0.3, -0.25) is 0 Å². The molecule has 1 saturated heterocycles. The van der Waals surface area contributed by atoms with Crippen LogP contribution in [-0.2, 0) is 24.9 Å². The molecule has 1 aromatic carbocycles. The van der Waals surface area contributed by atoms with Crippen molar-refractivity contribution in [3.8, 4) is 11.3 Å². The van der Waals surface area contributed by atoms with Crippen molar-refractivity contribution in [1.29, 1.82) is 0 Å². The topological polar surface area (TPSA) is 51.1 Å². The van der Waals surface area contributed by atoms with Crippen LogP contribution in [0.3, 0.4) is 0 Å². The van der Waals surface area contributed by atoms with Gasteiger partial charge in [0.2, 0.25) is 0 Å². The van der Waals surface area contributed by atoms with Crippen molar-refractivity contribution in [3.63, 3.8) is 0 Å². The van der Waals surface area contributed by atoms with Crippen molar-refractivity contribution in [3.05, 3.63) is 35.8 Å². The monoisotopic (exact) mass is 320 g/mol. The van der Waals surface area contributed by atoms with Gasteiger partial charge in [-0.2, -0.15) is 0 Å². The number of hydrogen-bond acceptors (Lipinski definition) is 4. The molecule has 2 aromatic rings. The van der Waals surface area contributed by atoms with E-state index in [-0.39, 0.29) is 12.4 Å². The average Bonchev–Trinajstić information content (AvgIpc) is 3.18. The summed E-state index contributed by atoms with van der Waals surface area (Å²) in [6.45, 7) is 3.55. The maximum absolute atomic E-state index is 5.48. The normalized spacial score (nSPS) is 19.8. The predicted molar refractivity (Wildman–Crippen MR) is 89.3 cm³/mol. The van der Waals surface area contributed by atoms with E-state index in [4.69, 9.17) is 4.74 Å². The van der Waals surface area contributed by atoms with Crippen LogP contribution in [0.4, 0.5) is 5.69 Å². The van der Waals surface area contributed by atoms with Gasteiger partial charge in [0.25, 0.3) is 0 Å². The first kappa shape index (κ1) is 15.3. The molecule has 4 rings (SSSR count). The molecule has 5 nitrogen and oxygen atoms in total. The highest BCUT2D eigenvalue weighted by Crippen LogP contribution is 2.32. The fourth-order valence-electron chi connectivity index (χ4n) is 3.20. The Balaban J connectivity index is 0.00000144. The van der Waals surface area contributed by atoms with Crippen molar-refractivity contribution in [2.75, 3.05) is 18.5 Å². The maximum Gasteiger partial charge on any atom is 0.0948 e. The summed E-state index contributed by atoms with van der Waals surface area (Å²) in [5.41, 5.74) is 6.39. The second kappa shape index (κ2) is 6.28. The molecular weight excluding hydrogens is 300 g/mol. The van der Waals surface area contributed by atoms with E-state index in [1.165, 1.54) is 22.4 Å². The Bertz CT molecular complexity index is 664. The highest BCUT2D eigenvalue weighted by molar-refractivity contribution is 5.85. The van der Waals surface area contributed by atoms with Gasteiger partial charge in [-0.25, -0.2) is 4.98 Å². The molecule has 1 atom stereocenters. The van der Waals surface area contributed by atoms with E-state index < -0.39 is 0 Å². The summed E-state index contributed by atoms with van der Waals surface area (Å²) in [6.07, 6.45) is 4.85. The largest absolute Gasteiger partial charge is 0.380 e. The lowest BCUT2D eigenvalue weighted by atomic mass is 10.0. The molecule has 0 amide bonds. The minimum absolute atomic E-state index is 0. The summed E-state index contributed by atoms with van der Waals surface area (Å²) in [5.74, 6) is 0. The van der Waals surface area contributed by atoms with Gasteiger partial charge in [-0.15, -0.1) is 12.4 Å². The van der Waals surface area contributed by atoms with Crippen molar-refractivity contribution >= 4 is 18.1 Å². The van der Waals surface area contributed by atoms with Crippen LogP contribution < -0.4 is 10.6 Å². The number of aryl methyl sites for hydroxylation is 1. The number of anilines is 1. The third kappa shape index (κ3) is 2.72. The number of imidazole rings is 1. The number of hydrogen-bond donors (Lipinski definition) is 2. The third-order valence-corrected chi connectivity index (χ3v) is 4.36. The van der Waals surface area contributed by atoms with Crippen LogP contribution in [0.25, 0.3) is 11.3 Å². The zero-order chi connectivity index (χ0) is 14.2. The van der Waals surface area contributed by atoms with E-state index in [2.05, 4.69) is 32.3 Å². The van der Waals surface area contributed by atoms with Crippen molar-refractivity contribution in [2.24, 2.45) is 7.05 Å². The lowest BCUT2D eigenvalue weighted by molar-refractivity contribution is 0.195. The number of nitrogens with one attached hydrogen (secondary N) is 2. The van der Waals surface area contributed by atoms with Crippen LogP contribution in [0.2, 0.25) is 0 Å². The smallest absolute Gasteiger partial charge is 0.0948 e. The van der Waals surface area contributed by atoms with Crippen LogP contribution in [0.15, 0.2) is 24.7 Å². The quantitative estimate of drug-likeness (QED) is 0.911. The van der Waals surface area contributed by atoms with E-state index in [0.717, 1.165) is 38.4 Å². The van der Waals surface area contributed by atoms with Crippen molar-refractivity contribution in [1.82, 2.24) is 14.9 Å². The fourth-order valence-corrected chi connectivity index (χ4v) is 3.20. The van der Waals surface area contributed by atoms with Gasteiger partial charge in [0, 0.05) is 38.0 Å². The van der Waals surface area contributed by atoms with Gasteiger partial charge in [0.1, 0.15) is 0 Å². The minimum Gasteiger partial charge on any atom is -0.380 e. The van der Waals surface area contributed by atoms with Crippen LogP contribution in [-0.4, -0.2) is 28.8 Å². The SMILES string of the molecule is Cl.Cn1cncc1-c1cc2c(c(N[C@H]3CCOC3)c1)CNC2. The molecule has 22 heavy (non-hydrogen) atoms. The number of ether oxygens (including phenoxy) is 1. The molecule has 0 spiro atoms. The zero-order valence-corrected chi connectivity index (χ0v) is 13.4. The molecule has 0 radical (unpaired) electrons. The van der Waals surface area contributed by atoms with Crippen LogP contribution in [0.5, 0.6) is 0 Å². The molecule has 0 unspecified atom stereocenters. The van der Waals surface area contributed by atoms with E-state index >= 15 is 0 Å². The minimum atomic E-state index is 0. The number of halogens is 1. The van der Waals surface area contributed by atoms with Crippen LogP contribution in [0, 0.1) is 0 Å². The van der Waals surface area contributed by atoms with Gasteiger partial charge in [0.05, 0.1) is 30.9 Å². The number of benzene rings is 1. The lowest BCUT2D eigenvalue weighted by Gasteiger charge is -2.17. The van der Waals surface area contributed by atoms with Crippen LogP contribution in [0.1, 0.15) is 17.5 Å². The van der Waals surface area contributed by atoms with Gasteiger partial charge in [0.15, 0.2) is 0 Å². The molecule has 1 fully saturated rings. The first-order chi connectivity index (χ1) is 10.3. The van der Waals surface area contributed by atoms with Gasteiger partial charge in [-0.1, -0.05) is 0 Å². The standard InChI is InChI=1S/C16H20N4O.ClH/c1-20-10-18-8-16(20)11-4-12-6-17-7-14(12)15(5-11)19-13-2-3-21-9-13;/h4-5,8,10,13,17,19H,2-3,6-7,9H2,1H3;1H/t13-;/m0./s1. The first-order valence-electron chi connectivity index (χ1n) is 7.49. The Morgan fingerprint density at radius 3 is 3.00 bits per heavy atom. The molecule has 3 heterocycles. The first-order valence-corrected chi connectivity index (χ1v) is 7.49. The number of rotatable bonds is 3. The summed E-state index contributed by atoms with van der Waals surface area (Å²) in [6, 6.07) is 4.96. The lowest BCUT2D eigenvalue weighted by Crippen LogP contribution is -2.20. The Labute approximate surface area is 136 Å². The van der Waals surface area contributed by atoms with E-state index in [0.29, 0.717) is 6.04 Å². The van der Waals surface area contributed by atoms with Gasteiger partial charge < -0.3 is 19.9 Å². The fraction of sp³-hybridized carbons (Fsp3) is 0.438. The summed E-state index contributed by atoms with van der Waals surface area (Å²) < 4.78 is 7.54. The average molecular weight is 321 g/mol. The molecule has 1 aromatic heterocycles. The molecule has 2 aliphatic rings. The second-order valence-corrected chi connectivity index (χ2v) is 5.86. The summed E-state index contributed by atoms with van der Waals surface area (Å²) >= 11 is 0. The second-order valence-electron chi connectivity index (χ2n) is 5.86. The molecule has 0 bridgehead atoms. The van der Waals surface area contributed by atoms with E-state index in [1.807, 2.05) is 19.6 Å². The maximum atomic E-state index is 5.48. The van der Waals surface area contributed by atoms with Gasteiger partial charge in [-0.05, 0) is 29.7 Å². The van der Waals surface area contributed by atoms with E-state index in [9.17, 15) is 0 Å². The Morgan fingerprint density at radius 1 is 1.36 bits per heavy atom. The Hall–Kier alpha value is -1.56. The zero-order valence-electron chi connectivity index (χ0n) is 12.6. The Kier molecular flexibility index (Phi) is 4.38. The highest BCUT2D eigenvalue weighted by atomic mass is 35.5. The number of fused-ring (bicyclic) bond motifs is 1. The molecule has 0 saturated carbocycles. The highest BCUT2D eigenvalue weighted by Gasteiger charge is 2.21. The molecule has 6 heteroatoms. The molecule has 2 aliphatic heterocycles.